The van der Waals surface area contributed by atoms with E-state index < -0.39 is 0 Å². The van der Waals surface area contributed by atoms with Gasteiger partial charge in [-0.2, -0.15) is 0 Å². The van der Waals surface area contributed by atoms with E-state index in [2.05, 4.69) is 0 Å². The van der Waals surface area contributed by atoms with Crippen molar-refractivity contribution in [1.82, 2.24) is 0 Å². The van der Waals surface area contributed by atoms with Gasteiger partial charge < -0.3 is 11.5 Å². The third kappa shape index (κ3) is 0.877. The van der Waals surface area contributed by atoms with Crippen LogP contribution in [-0.2, 0) is 0 Å². The fourth-order valence-corrected chi connectivity index (χ4v) is 1.29. The number of hydrogen-bond donors (Lipinski definition) is 2. The largest absolute Gasteiger partial charge is 0.390 e. The van der Waals surface area contributed by atoms with E-state index in [0.717, 1.165) is 0 Å². The quantitative estimate of drug-likeness (QED) is 0.587. The van der Waals surface area contributed by atoms with Crippen LogP contribution >= 0.6 is 22.9 Å². The minimum Gasteiger partial charge on any atom is -0.390 e. The molecule has 0 aliphatic rings. The molecule has 1 aromatic heterocycles. The monoisotopic (exact) mass is 148 g/mol. The Kier molecular flexibility index (Phi) is 1.31. The van der Waals surface area contributed by atoms with Gasteiger partial charge in [-0.05, 0) is 6.07 Å². The number of hydrogen-bond acceptors (Lipinski definition) is 3. The molecule has 0 aliphatic heterocycles. The molecule has 1 rings (SSSR count). The summed E-state index contributed by atoms with van der Waals surface area (Å²) in [6.45, 7) is 0. The van der Waals surface area contributed by atoms with Crippen molar-refractivity contribution in [3.05, 3.63) is 11.1 Å². The summed E-state index contributed by atoms with van der Waals surface area (Å²) < 4.78 is 0. The highest BCUT2D eigenvalue weighted by Gasteiger charge is 1.97. The summed E-state index contributed by atoms with van der Waals surface area (Å²) in [5.41, 5.74) is 10.7. The van der Waals surface area contributed by atoms with Gasteiger partial charge in [-0.15, -0.1) is 11.3 Å². The lowest BCUT2D eigenvalue weighted by molar-refractivity contribution is 1.90. The minimum absolute atomic E-state index is 0.549. The first kappa shape index (κ1) is 5.72. The summed E-state index contributed by atoms with van der Waals surface area (Å²) in [6, 6.07) is 1.64. The Morgan fingerprint density at radius 2 is 2.12 bits per heavy atom. The van der Waals surface area contributed by atoms with E-state index in [9.17, 15) is 0 Å². The highest BCUT2D eigenvalue weighted by molar-refractivity contribution is 7.20. The Balaban J connectivity index is 3.14. The maximum absolute atomic E-state index is 5.53. The van der Waals surface area contributed by atoms with Crippen LogP contribution in [0.4, 0.5) is 10.0 Å². The first-order valence-corrected chi connectivity index (χ1v) is 3.20. The van der Waals surface area contributed by atoms with Gasteiger partial charge >= 0.3 is 0 Å². The molecule has 0 amide bonds. The lowest BCUT2D eigenvalue weighted by atomic mass is 10.6. The Labute approximate surface area is 56.1 Å². The summed E-state index contributed by atoms with van der Waals surface area (Å²) in [7, 11) is 0. The van der Waals surface area contributed by atoms with Gasteiger partial charge in [-0.3, -0.25) is 0 Å². The lowest BCUT2D eigenvalue weighted by Crippen LogP contribution is -1.75. The molecular formula is C4H5ClN2S. The predicted octanol–water partition coefficient (Wildman–Crippen LogP) is 1.57. The molecule has 1 heterocycles. The van der Waals surface area contributed by atoms with Crippen molar-refractivity contribution in [2.24, 2.45) is 0 Å². The smallest absolute Gasteiger partial charge is 0.107 e. The number of halogens is 1. The molecule has 0 aromatic carbocycles. The van der Waals surface area contributed by atoms with Crippen molar-refractivity contribution in [2.45, 2.75) is 0 Å². The summed E-state index contributed by atoms with van der Waals surface area (Å²) >= 11 is 6.83. The molecule has 0 saturated heterocycles. The molecule has 1 aromatic rings. The molecule has 0 unspecified atom stereocenters. The Hall–Kier alpha value is -0.410. The molecule has 4 N–H and O–H groups in total. The van der Waals surface area contributed by atoms with Crippen molar-refractivity contribution in [1.29, 1.82) is 0 Å². The number of thiophene rings is 1. The van der Waals surface area contributed by atoms with Crippen LogP contribution in [0.25, 0.3) is 0 Å². The summed E-state index contributed by atoms with van der Waals surface area (Å²) in [5, 5.41) is 1.80. The van der Waals surface area contributed by atoms with Gasteiger partial charge in [0, 0.05) is 0 Å². The molecule has 44 valence electrons. The highest BCUT2D eigenvalue weighted by atomic mass is 35.5. The van der Waals surface area contributed by atoms with Gasteiger partial charge in [0.15, 0.2) is 0 Å². The Morgan fingerprint density at radius 1 is 1.50 bits per heavy atom. The minimum atomic E-state index is 0.549. The normalized spacial score (nSPS) is 9.62. The molecule has 0 atom stereocenters. The second kappa shape index (κ2) is 1.84. The number of nitrogens with two attached hydrogens (primary N) is 2. The second-order valence-electron chi connectivity index (χ2n) is 1.36. The fraction of sp³-hybridized carbons (Fsp3) is 0. The molecule has 2 nitrogen and oxygen atoms in total. The zero-order chi connectivity index (χ0) is 6.15. The maximum atomic E-state index is 5.53. The first-order chi connectivity index (χ1) is 3.70. The zero-order valence-electron chi connectivity index (χ0n) is 4.02. The van der Waals surface area contributed by atoms with Gasteiger partial charge in [0.05, 0.1) is 10.0 Å². The molecular weight excluding hydrogens is 144 g/mol. The van der Waals surface area contributed by atoms with E-state index in [4.69, 9.17) is 23.1 Å². The number of anilines is 2. The van der Waals surface area contributed by atoms with E-state index in [1.165, 1.54) is 11.3 Å². The van der Waals surface area contributed by atoms with Crippen LogP contribution in [0.3, 0.4) is 0 Å². The summed E-state index contributed by atoms with van der Waals surface area (Å²) in [5.74, 6) is 0. The van der Waals surface area contributed by atoms with Crippen molar-refractivity contribution >= 4 is 32.9 Å². The van der Waals surface area contributed by atoms with Crippen molar-refractivity contribution in [3.8, 4) is 0 Å². The first-order valence-electron chi connectivity index (χ1n) is 2.00. The number of rotatable bonds is 0. The Bertz CT molecular complexity index is 176. The zero-order valence-corrected chi connectivity index (χ0v) is 5.59. The standard InChI is InChI=1S/C4H5ClN2S/c5-2-1-3(6)8-4(2)7/h1H,6-7H2. The van der Waals surface area contributed by atoms with Crippen LogP contribution in [0.1, 0.15) is 0 Å². The van der Waals surface area contributed by atoms with Gasteiger partial charge in [-0.25, -0.2) is 0 Å². The van der Waals surface area contributed by atoms with Gasteiger partial charge in [0.25, 0.3) is 0 Å². The average Bonchev–Trinajstić information content (AvgIpc) is 1.85. The predicted molar refractivity (Wildman–Crippen MR) is 38.2 cm³/mol. The van der Waals surface area contributed by atoms with Crippen LogP contribution in [0.15, 0.2) is 6.07 Å². The van der Waals surface area contributed by atoms with Crippen molar-refractivity contribution < 1.29 is 0 Å². The summed E-state index contributed by atoms with van der Waals surface area (Å²) in [6.07, 6.45) is 0. The molecule has 8 heavy (non-hydrogen) atoms. The summed E-state index contributed by atoms with van der Waals surface area (Å²) in [4.78, 5) is 0. The second-order valence-corrected chi connectivity index (χ2v) is 2.88. The molecule has 0 radical (unpaired) electrons. The molecule has 4 heteroatoms. The van der Waals surface area contributed by atoms with E-state index in [1.807, 2.05) is 0 Å². The van der Waals surface area contributed by atoms with E-state index in [1.54, 1.807) is 6.07 Å². The van der Waals surface area contributed by atoms with E-state index >= 15 is 0 Å². The SMILES string of the molecule is Nc1cc(Cl)c(N)s1. The van der Waals surface area contributed by atoms with Gasteiger partial charge in [0.2, 0.25) is 0 Å². The van der Waals surface area contributed by atoms with Crippen LogP contribution in [0.2, 0.25) is 5.02 Å². The molecule has 0 saturated carbocycles. The van der Waals surface area contributed by atoms with Gasteiger partial charge in [0.1, 0.15) is 5.00 Å². The highest BCUT2D eigenvalue weighted by Crippen LogP contribution is 2.30. The topological polar surface area (TPSA) is 52.0 Å². The van der Waals surface area contributed by atoms with Gasteiger partial charge in [-0.1, -0.05) is 11.6 Å². The number of nitrogen functional groups attached to an aromatic ring is 2. The average molecular weight is 149 g/mol. The van der Waals surface area contributed by atoms with Crippen molar-refractivity contribution in [2.75, 3.05) is 11.5 Å². The van der Waals surface area contributed by atoms with Crippen molar-refractivity contribution in [3.63, 3.8) is 0 Å². The third-order valence-corrected chi connectivity index (χ3v) is 1.95. The fourth-order valence-electron chi connectivity index (χ4n) is 0.401. The van der Waals surface area contributed by atoms with E-state index in [-0.39, 0.29) is 0 Å². The molecule has 0 spiro atoms. The maximum Gasteiger partial charge on any atom is 0.107 e. The van der Waals surface area contributed by atoms with Crippen LogP contribution in [0, 0.1) is 0 Å². The molecule has 0 bridgehead atoms. The molecule has 0 aliphatic carbocycles. The van der Waals surface area contributed by atoms with E-state index in [0.29, 0.717) is 15.0 Å². The molecule has 0 fully saturated rings. The van der Waals surface area contributed by atoms with Crippen LogP contribution in [0.5, 0.6) is 0 Å². The van der Waals surface area contributed by atoms with Crippen LogP contribution < -0.4 is 11.5 Å². The third-order valence-electron chi connectivity index (χ3n) is 0.732. The Morgan fingerprint density at radius 3 is 2.25 bits per heavy atom. The van der Waals surface area contributed by atoms with Crippen LogP contribution in [-0.4, -0.2) is 0 Å². The lowest BCUT2D eigenvalue weighted by Gasteiger charge is -1.78.